The molecule has 0 N–H and O–H groups in total. The average Bonchev–Trinajstić information content (AvgIpc) is 2.01. The number of hydrogen-bond acceptors (Lipinski definition) is 2. The molecular formula is C4HF7O2S. The van der Waals surface area contributed by atoms with Crippen LogP contribution in [0, 0.1) is 0 Å². The molecule has 0 bridgehead atoms. The molecule has 10 heteroatoms. The van der Waals surface area contributed by atoms with Crippen molar-refractivity contribution in [3.8, 4) is 0 Å². The van der Waals surface area contributed by atoms with Gasteiger partial charge in [-0.2, -0.15) is 30.7 Å². The van der Waals surface area contributed by atoms with Crippen molar-refractivity contribution in [3.63, 3.8) is 0 Å². The first-order chi connectivity index (χ1) is 6.05. The zero-order chi connectivity index (χ0) is 11.7. The van der Waals surface area contributed by atoms with Crippen LogP contribution >= 0.6 is 0 Å². The molecule has 0 aromatic heterocycles. The van der Waals surface area contributed by atoms with Crippen molar-refractivity contribution in [2.45, 2.75) is 11.2 Å². The zero-order valence-corrected chi connectivity index (χ0v) is 6.80. The van der Waals surface area contributed by atoms with Crippen LogP contribution in [-0.2, 0) is 10.7 Å². The minimum Gasteiger partial charge on any atom is -0.225 e. The second kappa shape index (κ2) is 3.75. The van der Waals surface area contributed by atoms with Crippen molar-refractivity contribution in [2.24, 2.45) is 0 Å². The SMILES string of the molecule is O=[SH](=O)C(F)(F)C(F)(F)C(F)=C(F)F. The quantitative estimate of drug-likeness (QED) is 0.609. The maximum absolute atomic E-state index is 12.0. The second-order valence-electron chi connectivity index (χ2n) is 1.95. The fraction of sp³-hybridized carbons (Fsp3) is 0.500. The Bertz CT molecular complexity index is 319. The van der Waals surface area contributed by atoms with E-state index < -0.39 is 33.8 Å². The Kier molecular flexibility index (Phi) is 3.54. The molecule has 0 saturated heterocycles. The molecule has 0 amide bonds. The molecule has 14 heavy (non-hydrogen) atoms. The molecule has 0 rings (SSSR count). The normalized spacial score (nSPS) is 13.1. The molecule has 0 aromatic rings. The number of rotatable bonds is 3. The van der Waals surface area contributed by atoms with E-state index in [0.29, 0.717) is 0 Å². The number of thiol groups is 1. The molecule has 0 spiro atoms. The van der Waals surface area contributed by atoms with Crippen molar-refractivity contribution in [1.82, 2.24) is 0 Å². The molecule has 2 nitrogen and oxygen atoms in total. The highest BCUT2D eigenvalue weighted by molar-refractivity contribution is 7.73. The smallest absolute Gasteiger partial charge is 0.225 e. The van der Waals surface area contributed by atoms with Crippen LogP contribution in [0.15, 0.2) is 11.9 Å². The lowest BCUT2D eigenvalue weighted by Crippen LogP contribution is -2.42. The largest absolute Gasteiger partial charge is 0.411 e. The molecule has 0 heterocycles. The van der Waals surface area contributed by atoms with Crippen molar-refractivity contribution in [3.05, 3.63) is 11.9 Å². The summed E-state index contributed by atoms with van der Waals surface area (Å²) in [7, 11) is -5.08. The van der Waals surface area contributed by atoms with E-state index in [4.69, 9.17) is 0 Å². The Balaban J connectivity index is 5.48. The van der Waals surface area contributed by atoms with Gasteiger partial charge in [0, 0.05) is 0 Å². The van der Waals surface area contributed by atoms with Crippen LogP contribution in [0.3, 0.4) is 0 Å². The van der Waals surface area contributed by atoms with Gasteiger partial charge in [-0.15, -0.1) is 0 Å². The molecule has 0 aliphatic carbocycles. The molecule has 0 aliphatic heterocycles. The average molecular weight is 246 g/mol. The summed E-state index contributed by atoms with van der Waals surface area (Å²) >= 11 is 0. The summed E-state index contributed by atoms with van der Waals surface area (Å²) in [6.07, 6.45) is -3.70. The highest BCUT2D eigenvalue weighted by atomic mass is 32.2. The predicted molar refractivity (Wildman–Crippen MR) is 30.6 cm³/mol. The van der Waals surface area contributed by atoms with Gasteiger partial charge < -0.3 is 0 Å². The van der Waals surface area contributed by atoms with Gasteiger partial charge in [-0.3, -0.25) is 0 Å². The van der Waals surface area contributed by atoms with Crippen LogP contribution in [0.4, 0.5) is 30.7 Å². The lowest BCUT2D eigenvalue weighted by Gasteiger charge is -2.18. The van der Waals surface area contributed by atoms with E-state index >= 15 is 0 Å². The third kappa shape index (κ3) is 1.99. The molecule has 0 unspecified atom stereocenters. The first kappa shape index (κ1) is 13.2. The zero-order valence-electron chi connectivity index (χ0n) is 5.91. The number of halogens is 7. The molecule has 0 saturated carbocycles. The summed E-state index contributed by atoms with van der Waals surface area (Å²) in [5, 5.41) is -5.89. The third-order valence-corrected chi connectivity index (χ3v) is 1.79. The minimum atomic E-state index is -6.07. The fourth-order valence-corrected chi connectivity index (χ4v) is 0.693. The summed E-state index contributed by atoms with van der Waals surface area (Å²) in [6, 6.07) is 0. The van der Waals surface area contributed by atoms with E-state index in [-0.39, 0.29) is 0 Å². The van der Waals surface area contributed by atoms with Crippen LogP contribution < -0.4 is 0 Å². The van der Waals surface area contributed by atoms with E-state index in [1.54, 1.807) is 0 Å². The van der Waals surface area contributed by atoms with Gasteiger partial charge in [0.25, 0.3) is 0 Å². The summed E-state index contributed by atoms with van der Waals surface area (Å²) in [5.74, 6) is -9.83. The van der Waals surface area contributed by atoms with Gasteiger partial charge in [0.15, 0.2) is 0 Å². The third-order valence-electron chi connectivity index (χ3n) is 1.05. The van der Waals surface area contributed by atoms with E-state index in [1.165, 1.54) is 0 Å². The molecule has 84 valence electrons. The van der Waals surface area contributed by atoms with E-state index in [2.05, 4.69) is 0 Å². The van der Waals surface area contributed by atoms with Crippen LogP contribution in [0.2, 0.25) is 0 Å². The number of hydrogen-bond donors (Lipinski definition) is 1. The number of alkyl halides is 4. The topological polar surface area (TPSA) is 34.1 Å². The first-order valence-corrected chi connectivity index (χ1v) is 3.84. The minimum absolute atomic E-state index is 3.70. The van der Waals surface area contributed by atoms with Gasteiger partial charge >= 0.3 is 17.3 Å². The van der Waals surface area contributed by atoms with Crippen LogP contribution in [0.25, 0.3) is 0 Å². The van der Waals surface area contributed by atoms with Crippen molar-refractivity contribution >= 4 is 10.7 Å². The highest BCUT2D eigenvalue weighted by Crippen LogP contribution is 2.42. The number of allylic oxidation sites excluding steroid dienone is 1. The van der Waals surface area contributed by atoms with Gasteiger partial charge in [-0.05, 0) is 0 Å². The van der Waals surface area contributed by atoms with Crippen molar-refractivity contribution < 1.29 is 39.2 Å². The van der Waals surface area contributed by atoms with E-state index in [9.17, 15) is 39.2 Å². The lowest BCUT2D eigenvalue weighted by atomic mass is 10.3. The Labute approximate surface area is 74.0 Å². The highest BCUT2D eigenvalue weighted by Gasteiger charge is 2.64. The monoisotopic (exact) mass is 246 g/mol. The standard InChI is InChI=1S/C4HF7O2S/c5-1(2(6)7)3(8,9)4(10,11)14(12)13/h14H. The van der Waals surface area contributed by atoms with Gasteiger partial charge in [-0.25, -0.2) is 8.42 Å². The van der Waals surface area contributed by atoms with Gasteiger partial charge in [0.05, 0.1) is 0 Å². The van der Waals surface area contributed by atoms with E-state index in [0.717, 1.165) is 0 Å². The summed E-state index contributed by atoms with van der Waals surface area (Å²) in [6.45, 7) is 0. The van der Waals surface area contributed by atoms with Crippen LogP contribution in [0.5, 0.6) is 0 Å². The van der Waals surface area contributed by atoms with Gasteiger partial charge in [0.2, 0.25) is 16.5 Å². The molecule has 0 radical (unpaired) electrons. The molecule has 0 atom stereocenters. The molecule has 0 aromatic carbocycles. The molecule has 0 fully saturated rings. The summed E-state index contributed by atoms with van der Waals surface area (Å²) in [4.78, 5) is 0. The maximum Gasteiger partial charge on any atom is 0.411 e. The van der Waals surface area contributed by atoms with Crippen molar-refractivity contribution in [1.29, 1.82) is 0 Å². The summed E-state index contributed by atoms with van der Waals surface area (Å²) < 4.78 is 101. The van der Waals surface area contributed by atoms with Gasteiger partial charge in [-0.1, -0.05) is 0 Å². The van der Waals surface area contributed by atoms with Crippen LogP contribution in [0.1, 0.15) is 0 Å². The Morgan fingerprint density at radius 3 is 1.50 bits per heavy atom. The predicted octanol–water partition coefficient (Wildman–Crippen LogP) is 1.90. The first-order valence-electron chi connectivity index (χ1n) is 2.66. The summed E-state index contributed by atoms with van der Waals surface area (Å²) in [5.41, 5.74) is 0. The molecule has 0 aliphatic rings. The molecular weight excluding hydrogens is 245 g/mol. The lowest BCUT2D eigenvalue weighted by molar-refractivity contribution is -0.142. The fourth-order valence-electron chi connectivity index (χ4n) is 0.365. The van der Waals surface area contributed by atoms with Gasteiger partial charge in [0.1, 0.15) is 0 Å². The maximum atomic E-state index is 12.0. The second-order valence-corrected chi connectivity index (χ2v) is 3.02. The Morgan fingerprint density at radius 1 is 0.929 bits per heavy atom. The Hall–Kier alpha value is -0.800. The van der Waals surface area contributed by atoms with Crippen molar-refractivity contribution in [2.75, 3.05) is 0 Å². The van der Waals surface area contributed by atoms with E-state index in [1.807, 2.05) is 0 Å². The Morgan fingerprint density at radius 2 is 1.29 bits per heavy atom. The van der Waals surface area contributed by atoms with Crippen LogP contribution in [-0.4, -0.2) is 19.6 Å².